The van der Waals surface area contributed by atoms with Crippen LogP contribution in [-0.4, -0.2) is 45.8 Å². The Kier molecular flexibility index (Phi) is 3.73. The van der Waals surface area contributed by atoms with Crippen molar-refractivity contribution in [1.82, 2.24) is 0 Å². The third-order valence-electron chi connectivity index (χ3n) is 8.17. The molecule has 2 saturated carbocycles. The minimum atomic E-state index is -0.594. The van der Waals surface area contributed by atoms with Gasteiger partial charge in [0, 0.05) is 0 Å². The Morgan fingerprint density at radius 3 is 2.38 bits per heavy atom. The van der Waals surface area contributed by atoms with Crippen molar-refractivity contribution in [3.05, 3.63) is 0 Å². The molecular formula is C20H34O4. The number of ether oxygens (including phenoxy) is 2. The Labute approximate surface area is 145 Å². The van der Waals surface area contributed by atoms with Crippen LogP contribution in [0.3, 0.4) is 0 Å². The predicted molar refractivity (Wildman–Crippen MR) is 91.7 cm³/mol. The Balaban J connectivity index is 1.62. The second-order valence-electron chi connectivity index (χ2n) is 10.0. The van der Waals surface area contributed by atoms with Gasteiger partial charge in [-0.25, -0.2) is 0 Å². The smallest absolute Gasteiger partial charge is 0.118 e. The molecule has 7 atom stereocenters. The summed E-state index contributed by atoms with van der Waals surface area (Å²) in [4.78, 5) is 0. The number of hydrogen-bond donors (Lipinski definition) is 2. The van der Waals surface area contributed by atoms with E-state index in [2.05, 4.69) is 20.8 Å². The van der Waals surface area contributed by atoms with Crippen LogP contribution in [0.2, 0.25) is 0 Å². The SMILES string of the molecule is CC1(O)CCC2CC3OC3(CO)CCC3OC3(C)CCC1C2(C)C. The van der Waals surface area contributed by atoms with Gasteiger partial charge >= 0.3 is 0 Å². The van der Waals surface area contributed by atoms with Gasteiger partial charge in [0.25, 0.3) is 0 Å². The monoisotopic (exact) mass is 338 g/mol. The number of epoxide rings is 2. The Morgan fingerprint density at radius 2 is 1.67 bits per heavy atom. The van der Waals surface area contributed by atoms with Crippen LogP contribution in [0.25, 0.3) is 0 Å². The van der Waals surface area contributed by atoms with Gasteiger partial charge in [-0.1, -0.05) is 13.8 Å². The van der Waals surface area contributed by atoms with Crippen molar-refractivity contribution in [3.8, 4) is 0 Å². The van der Waals surface area contributed by atoms with Crippen LogP contribution >= 0.6 is 0 Å². The first kappa shape index (κ1) is 17.3. The second-order valence-corrected chi connectivity index (χ2v) is 10.0. The van der Waals surface area contributed by atoms with Gasteiger partial charge in [0.05, 0.1) is 30.0 Å². The van der Waals surface area contributed by atoms with Crippen LogP contribution in [0.1, 0.15) is 72.6 Å². The van der Waals surface area contributed by atoms with Crippen LogP contribution < -0.4 is 0 Å². The van der Waals surface area contributed by atoms with E-state index in [0.717, 1.165) is 44.9 Å². The molecule has 0 aromatic rings. The standard InChI is InChI=1S/C20H34O4/c1-17(2)13-5-8-18(3,22)14(17)6-9-19(4)15(23-19)7-10-20(12-21)16(11-13)24-20/h13-16,21-22H,5-12H2,1-4H3. The van der Waals surface area contributed by atoms with E-state index in [1.165, 1.54) is 0 Å². The molecule has 0 radical (unpaired) electrons. The average Bonchev–Trinajstić information content (AvgIpc) is 3.35. The van der Waals surface area contributed by atoms with Crippen molar-refractivity contribution >= 4 is 0 Å². The molecule has 2 N–H and O–H groups in total. The van der Waals surface area contributed by atoms with E-state index >= 15 is 0 Å². The number of aliphatic hydroxyl groups is 2. The lowest BCUT2D eigenvalue weighted by molar-refractivity contribution is -0.123. The summed E-state index contributed by atoms with van der Waals surface area (Å²) in [6.07, 6.45) is 7.33. The molecule has 24 heavy (non-hydrogen) atoms. The number of aliphatic hydroxyl groups excluding tert-OH is 1. The molecule has 0 amide bonds. The number of fused-ring (bicyclic) bond motifs is 4. The van der Waals surface area contributed by atoms with Crippen molar-refractivity contribution in [2.75, 3.05) is 6.61 Å². The van der Waals surface area contributed by atoms with Crippen LogP contribution in [-0.2, 0) is 9.47 Å². The van der Waals surface area contributed by atoms with E-state index in [1.54, 1.807) is 0 Å². The maximum absolute atomic E-state index is 11.1. The first-order chi connectivity index (χ1) is 11.1. The van der Waals surface area contributed by atoms with Crippen LogP contribution in [0, 0.1) is 17.3 Å². The van der Waals surface area contributed by atoms with Crippen LogP contribution in [0.15, 0.2) is 0 Å². The van der Waals surface area contributed by atoms with Crippen molar-refractivity contribution in [3.63, 3.8) is 0 Å². The van der Waals surface area contributed by atoms with Crippen LogP contribution in [0.5, 0.6) is 0 Å². The summed E-state index contributed by atoms with van der Waals surface area (Å²) in [6, 6.07) is 0. The molecule has 2 aliphatic heterocycles. The summed E-state index contributed by atoms with van der Waals surface area (Å²) in [5.74, 6) is 0.830. The summed E-state index contributed by atoms with van der Waals surface area (Å²) in [6.45, 7) is 9.02. The fraction of sp³-hybridized carbons (Fsp3) is 1.00. The second kappa shape index (κ2) is 5.18. The Bertz CT molecular complexity index is 516. The number of rotatable bonds is 1. The molecule has 4 fully saturated rings. The number of hydrogen-bond acceptors (Lipinski definition) is 4. The van der Waals surface area contributed by atoms with Gasteiger partial charge in [-0.2, -0.15) is 0 Å². The molecule has 4 nitrogen and oxygen atoms in total. The zero-order valence-electron chi connectivity index (χ0n) is 15.7. The largest absolute Gasteiger partial charge is 0.393 e. The molecule has 4 rings (SSSR count). The zero-order chi connectivity index (χ0) is 17.4. The highest BCUT2D eigenvalue weighted by molar-refractivity contribution is 5.11. The first-order valence-electron chi connectivity index (χ1n) is 9.82. The molecule has 2 aliphatic carbocycles. The molecule has 0 spiro atoms. The maximum Gasteiger partial charge on any atom is 0.118 e. The lowest BCUT2D eigenvalue weighted by Gasteiger charge is -2.53. The van der Waals surface area contributed by atoms with Crippen LogP contribution in [0.4, 0.5) is 0 Å². The highest BCUT2D eigenvalue weighted by Crippen LogP contribution is 2.58. The third-order valence-corrected chi connectivity index (χ3v) is 8.17. The molecule has 4 aliphatic rings. The van der Waals surface area contributed by atoms with Gasteiger partial charge in [-0.15, -0.1) is 0 Å². The summed E-state index contributed by atoms with van der Waals surface area (Å²) >= 11 is 0. The maximum atomic E-state index is 11.1. The molecule has 7 unspecified atom stereocenters. The highest BCUT2D eigenvalue weighted by Gasteiger charge is 2.62. The predicted octanol–water partition coefficient (Wildman–Crippen LogP) is 3.04. The van der Waals surface area contributed by atoms with E-state index in [-0.39, 0.29) is 41.3 Å². The van der Waals surface area contributed by atoms with E-state index < -0.39 is 5.60 Å². The summed E-state index contributed by atoms with van der Waals surface area (Å²) < 4.78 is 12.1. The van der Waals surface area contributed by atoms with E-state index in [9.17, 15) is 10.2 Å². The van der Waals surface area contributed by atoms with Gasteiger partial charge < -0.3 is 19.7 Å². The third kappa shape index (κ3) is 2.56. The Hall–Kier alpha value is -0.160. The van der Waals surface area contributed by atoms with Gasteiger partial charge in [-0.3, -0.25) is 0 Å². The lowest BCUT2D eigenvalue weighted by Crippen LogP contribution is -2.52. The van der Waals surface area contributed by atoms with Crippen molar-refractivity contribution in [1.29, 1.82) is 0 Å². The van der Waals surface area contributed by atoms with Crippen molar-refractivity contribution < 1.29 is 19.7 Å². The molecule has 2 saturated heterocycles. The molecule has 0 aromatic heterocycles. The molecular weight excluding hydrogens is 304 g/mol. The van der Waals surface area contributed by atoms with E-state index in [1.807, 2.05) is 6.92 Å². The van der Waals surface area contributed by atoms with Gasteiger partial charge in [0.2, 0.25) is 0 Å². The fourth-order valence-corrected chi connectivity index (χ4v) is 6.09. The Morgan fingerprint density at radius 1 is 0.917 bits per heavy atom. The van der Waals surface area contributed by atoms with Crippen molar-refractivity contribution in [2.45, 2.75) is 102 Å². The zero-order valence-corrected chi connectivity index (χ0v) is 15.7. The minimum Gasteiger partial charge on any atom is -0.393 e. The van der Waals surface area contributed by atoms with Gasteiger partial charge in [0.15, 0.2) is 0 Å². The fourth-order valence-electron chi connectivity index (χ4n) is 6.09. The topological polar surface area (TPSA) is 65.5 Å². The molecule has 0 aromatic carbocycles. The summed E-state index contributed by atoms with van der Waals surface area (Å²) in [5.41, 5.74) is -0.880. The molecule has 138 valence electrons. The van der Waals surface area contributed by atoms with Gasteiger partial charge in [0.1, 0.15) is 5.60 Å². The van der Waals surface area contributed by atoms with Crippen molar-refractivity contribution in [2.24, 2.45) is 17.3 Å². The average molecular weight is 338 g/mol. The molecule has 2 heterocycles. The molecule has 2 bridgehead atoms. The minimum absolute atomic E-state index is 0.0423. The lowest BCUT2D eigenvalue weighted by atomic mass is 9.54. The van der Waals surface area contributed by atoms with Gasteiger partial charge in [-0.05, 0) is 76.0 Å². The normalized spacial score (nSPS) is 56.2. The van der Waals surface area contributed by atoms with E-state index in [0.29, 0.717) is 5.92 Å². The first-order valence-corrected chi connectivity index (χ1v) is 9.82. The summed E-state index contributed by atoms with van der Waals surface area (Å²) in [5, 5.41) is 21.0. The summed E-state index contributed by atoms with van der Waals surface area (Å²) in [7, 11) is 0. The van der Waals surface area contributed by atoms with E-state index in [4.69, 9.17) is 9.47 Å². The molecule has 4 heteroatoms. The highest BCUT2D eigenvalue weighted by atomic mass is 16.6. The quantitative estimate of drug-likeness (QED) is 0.721.